The summed E-state index contributed by atoms with van der Waals surface area (Å²) in [6.07, 6.45) is 2.69. The van der Waals surface area contributed by atoms with Gasteiger partial charge in [-0.25, -0.2) is 0 Å². The molecule has 0 spiro atoms. The smallest absolute Gasteiger partial charge is 0.241 e. The molecular formula is C17H26N2O2. The van der Waals surface area contributed by atoms with E-state index in [2.05, 4.69) is 31.3 Å². The van der Waals surface area contributed by atoms with Crippen LogP contribution >= 0.6 is 0 Å². The van der Waals surface area contributed by atoms with Crippen LogP contribution in [0, 0.1) is 0 Å². The second-order valence-electron chi connectivity index (χ2n) is 5.71. The molecule has 2 rings (SSSR count). The van der Waals surface area contributed by atoms with Gasteiger partial charge in [-0.2, -0.15) is 0 Å². The van der Waals surface area contributed by atoms with Crippen LogP contribution < -0.4 is 5.32 Å². The number of methoxy groups -OCH3 is 1. The number of rotatable bonds is 7. The van der Waals surface area contributed by atoms with Crippen LogP contribution in [0.1, 0.15) is 32.3 Å². The van der Waals surface area contributed by atoms with E-state index in [-0.39, 0.29) is 24.2 Å². The SMILES string of the molecule is CCC1NC(Cc2ccccc2)C(=O)N1C(C)CCOC. The van der Waals surface area contributed by atoms with Gasteiger partial charge < -0.3 is 9.64 Å². The molecular weight excluding hydrogens is 264 g/mol. The van der Waals surface area contributed by atoms with E-state index < -0.39 is 0 Å². The third kappa shape index (κ3) is 3.83. The van der Waals surface area contributed by atoms with Crippen LogP contribution in [-0.2, 0) is 16.0 Å². The average molecular weight is 290 g/mol. The molecule has 1 aromatic carbocycles. The molecule has 4 nitrogen and oxygen atoms in total. The Morgan fingerprint density at radius 1 is 1.33 bits per heavy atom. The molecule has 116 valence electrons. The summed E-state index contributed by atoms with van der Waals surface area (Å²) in [6, 6.07) is 10.3. The van der Waals surface area contributed by atoms with Gasteiger partial charge in [0, 0.05) is 19.8 Å². The Hall–Kier alpha value is -1.39. The molecule has 21 heavy (non-hydrogen) atoms. The van der Waals surface area contributed by atoms with E-state index in [9.17, 15) is 4.79 Å². The lowest BCUT2D eigenvalue weighted by Crippen LogP contribution is -2.43. The number of ether oxygens (including phenoxy) is 1. The van der Waals surface area contributed by atoms with E-state index in [1.807, 2.05) is 23.1 Å². The van der Waals surface area contributed by atoms with E-state index in [4.69, 9.17) is 4.74 Å². The molecule has 0 aliphatic carbocycles. The minimum absolute atomic E-state index is 0.109. The molecule has 1 aliphatic rings. The lowest BCUT2D eigenvalue weighted by molar-refractivity contribution is -0.132. The zero-order chi connectivity index (χ0) is 15.2. The van der Waals surface area contributed by atoms with E-state index in [0.29, 0.717) is 6.61 Å². The summed E-state index contributed by atoms with van der Waals surface area (Å²) in [7, 11) is 1.70. The zero-order valence-electron chi connectivity index (χ0n) is 13.2. The molecule has 1 N–H and O–H groups in total. The minimum Gasteiger partial charge on any atom is -0.385 e. The summed E-state index contributed by atoms with van der Waals surface area (Å²) >= 11 is 0. The quantitative estimate of drug-likeness (QED) is 0.837. The van der Waals surface area contributed by atoms with Crippen LogP contribution in [0.3, 0.4) is 0 Å². The Morgan fingerprint density at radius 3 is 2.67 bits per heavy atom. The Balaban J connectivity index is 2.04. The highest BCUT2D eigenvalue weighted by Gasteiger charge is 2.39. The van der Waals surface area contributed by atoms with Gasteiger partial charge in [0.15, 0.2) is 0 Å². The first-order chi connectivity index (χ1) is 10.2. The number of carbonyl (C=O) groups is 1. The second-order valence-corrected chi connectivity index (χ2v) is 5.71. The summed E-state index contributed by atoms with van der Waals surface area (Å²) < 4.78 is 5.14. The molecule has 0 saturated carbocycles. The molecule has 1 aliphatic heterocycles. The van der Waals surface area contributed by atoms with Gasteiger partial charge in [-0.15, -0.1) is 0 Å². The van der Waals surface area contributed by atoms with Gasteiger partial charge in [0.1, 0.15) is 0 Å². The molecule has 3 atom stereocenters. The van der Waals surface area contributed by atoms with Gasteiger partial charge in [0.05, 0.1) is 12.2 Å². The van der Waals surface area contributed by atoms with Crippen molar-refractivity contribution in [2.75, 3.05) is 13.7 Å². The van der Waals surface area contributed by atoms with E-state index in [1.165, 1.54) is 5.56 Å². The molecule has 0 radical (unpaired) electrons. The highest BCUT2D eigenvalue weighted by molar-refractivity contribution is 5.85. The third-order valence-electron chi connectivity index (χ3n) is 4.17. The Bertz CT molecular complexity index is 449. The summed E-state index contributed by atoms with van der Waals surface area (Å²) in [5, 5.41) is 3.48. The number of benzene rings is 1. The van der Waals surface area contributed by atoms with Gasteiger partial charge in [0.2, 0.25) is 5.91 Å². The standard InChI is InChI=1S/C17H26N2O2/c1-4-16-18-15(12-14-8-6-5-7-9-14)17(20)19(16)13(2)10-11-21-3/h5-9,13,15-16,18H,4,10-12H2,1-3H3. The third-order valence-corrected chi connectivity index (χ3v) is 4.17. The lowest BCUT2D eigenvalue weighted by Gasteiger charge is -2.29. The van der Waals surface area contributed by atoms with Crippen LogP contribution in [-0.4, -0.2) is 42.8 Å². The van der Waals surface area contributed by atoms with Crippen molar-refractivity contribution in [3.8, 4) is 0 Å². The maximum absolute atomic E-state index is 12.7. The highest BCUT2D eigenvalue weighted by atomic mass is 16.5. The van der Waals surface area contributed by atoms with Crippen molar-refractivity contribution in [1.82, 2.24) is 10.2 Å². The van der Waals surface area contributed by atoms with Crippen LogP contribution in [0.25, 0.3) is 0 Å². The van der Waals surface area contributed by atoms with Crippen molar-refractivity contribution in [3.63, 3.8) is 0 Å². The molecule has 1 fully saturated rings. The molecule has 3 unspecified atom stereocenters. The molecule has 1 saturated heterocycles. The fourth-order valence-electron chi connectivity index (χ4n) is 2.98. The Morgan fingerprint density at radius 2 is 2.05 bits per heavy atom. The summed E-state index contributed by atoms with van der Waals surface area (Å²) in [6.45, 7) is 4.91. The normalized spacial score (nSPS) is 23.6. The lowest BCUT2D eigenvalue weighted by atomic mass is 10.1. The van der Waals surface area contributed by atoms with Crippen LogP contribution in [0.2, 0.25) is 0 Å². The molecule has 1 aromatic rings. The predicted molar refractivity (Wildman–Crippen MR) is 83.9 cm³/mol. The summed E-state index contributed by atoms with van der Waals surface area (Å²) in [4.78, 5) is 14.7. The van der Waals surface area contributed by atoms with Crippen molar-refractivity contribution in [2.45, 2.75) is 51.4 Å². The Kier molecular flexibility index (Phi) is 5.76. The first-order valence-electron chi connectivity index (χ1n) is 7.78. The predicted octanol–water partition coefficient (Wildman–Crippen LogP) is 2.19. The van der Waals surface area contributed by atoms with Crippen molar-refractivity contribution < 1.29 is 9.53 Å². The Labute approximate surface area is 127 Å². The van der Waals surface area contributed by atoms with Gasteiger partial charge >= 0.3 is 0 Å². The van der Waals surface area contributed by atoms with Gasteiger partial charge in [-0.3, -0.25) is 10.1 Å². The number of hydrogen-bond donors (Lipinski definition) is 1. The number of nitrogens with zero attached hydrogens (tertiary/aromatic N) is 1. The largest absolute Gasteiger partial charge is 0.385 e. The van der Waals surface area contributed by atoms with Crippen LogP contribution in [0.15, 0.2) is 30.3 Å². The van der Waals surface area contributed by atoms with Crippen LogP contribution in [0.5, 0.6) is 0 Å². The van der Waals surface area contributed by atoms with Gasteiger partial charge in [0.25, 0.3) is 0 Å². The van der Waals surface area contributed by atoms with E-state index in [1.54, 1.807) is 7.11 Å². The van der Waals surface area contributed by atoms with Crippen molar-refractivity contribution in [3.05, 3.63) is 35.9 Å². The molecule has 0 aromatic heterocycles. The maximum Gasteiger partial charge on any atom is 0.241 e. The van der Waals surface area contributed by atoms with Crippen molar-refractivity contribution >= 4 is 5.91 Å². The summed E-state index contributed by atoms with van der Waals surface area (Å²) in [5.41, 5.74) is 1.20. The molecule has 4 heteroatoms. The topological polar surface area (TPSA) is 41.6 Å². The summed E-state index contributed by atoms with van der Waals surface area (Å²) in [5.74, 6) is 0.217. The highest BCUT2D eigenvalue weighted by Crippen LogP contribution is 2.21. The molecule has 0 bridgehead atoms. The minimum atomic E-state index is -0.109. The maximum atomic E-state index is 12.7. The first kappa shape index (κ1) is 16.0. The molecule has 1 amide bonds. The van der Waals surface area contributed by atoms with Crippen LogP contribution in [0.4, 0.5) is 0 Å². The average Bonchev–Trinajstić information content (AvgIpc) is 2.82. The second kappa shape index (κ2) is 7.57. The van der Waals surface area contributed by atoms with Crippen molar-refractivity contribution in [2.24, 2.45) is 0 Å². The number of carbonyl (C=O) groups excluding carboxylic acids is 1. The first-order valence-corrected chi connectivity index (χ1v) is 7.78. The fraction of sp³-hybridized carbons (Fsp3) is 0.588. The van der Waals surface area contributed by atoms with Gasteiger partial charge in [-0.1, -0.05) is 37.3 Å². The zero-order valence-corrected chi connectivity index (χ0v) is 13.2. The van der Waals surface area contributed by atoms with E-state index >= 15 is 0 Å². The number of nitrogens with one attached hydrogen (secondary N) is 1. The van der Waals surface area contributed by atoms with Crippen molar-refractivity contribution in [1.29, 1.82) is 0 Å². The monoisotopic (exact) mass is 290 g/mol. The van der Waals surface area contributed by atoms with E-state index in [0.717, 1.165) is 19.3 Å². The fourth-order valence-corrected chi connectivity index (χ4v) is 2.98. The number of amides is 1. The molecule has 1 heterocycles. The van der Waals surface area contributed by atoms with Gasteiger partial charge in [-0.05, 0) is 31.7 Å². The number of hydrogen-bond acceptors (Lipinski definition) is 3.